The molecule has 1 aliphatic heterocycles. The number of amides is 2. The van der Waals surface area contributed by atoms with Crippen molar-refractivity contribution in [3.8, 4) is 5.69 Å². The van der Waals surface area contributed by atoms with Crippen LogP contribution in [0.15, 0.2) is 67.0 Å². The van der Waals surface area contributed by atoms with E-state index in [1.54, 1.807) is 10.9 Å². The minimum absolute atomic E-state index is 0.0456. The lowest BCUT2D eigenvalue weighted by Crippen LogP contribution is -2.45. The van der Waals surface area contributed by atoms with Crippen molar-refractivity contribution in [2.45, 2.75) is 32.1 Å². The van der Waals surface area contributed by atoms with Crippen molar-refractivity contribution in [2.75, 3.05) is 13.1 Å². The molecule has 156 valence electrons. The Morgan fingerprint density at radius 2 is 1.80 bits per heavy atom. The lowest BCUT2D eigenvalue weighted by molar-refractivity contribution is 0.00444. The van der Waals surface area contributed by atoms with Gasteiger partial charge in [-0.25, -0.2) is 9.48 Å². The molecule has 2 heterocycles. The number of carbonyl (C=O) groups excluding carboxylic acids is 1. The van der Waals surface area contributed by atoms with Crippen LogP contribution < -0.4 is 5.32 Å². The van der Waals surface area contributed by atoms with E-state index < -0.39 is 0 Å². The predicted octanol–water partition coefficient (Wildman–Crippen LogP) is 4.42. The van der Waals surface area contributed by atoms with E-state index in [1.807, 2.05) is 53.6 Å². The quantitative estimate of drug-likeness (QED) is 0.637. The van der Waals surface area contributed by atoms with Gasteiger partial charge in [0.1, 0.15) is 0 Å². The van der Waals surface area contributed by atoms with Crippen LogP contribution in [-0.4, -0.2) is 39.9 Å². The number of urea groups is 1. The molecule has 2 aromatic carbocycles. The zero-order chi connectivity index (χ0) is 20.8. The second-order valence-corrected chi connectivity index (χ2v) is 7.85. The summed E-state index contributed by atoms with van der Waals surface area (Å²) in [5.41, 5.74) is 3.05. The first-order chi connectivity index (χ1) is 14.7. The van der Waals surface area contributed by atoms with Crippen molar-refractivity contribution in [1.29, 1.82) is 0 Å². The van der Waals surface area contributed by atoms with Gasteiger partial charge in [0.2, 0.25) is 0 Å². The van der Waals surface area contributed by atoms with Crippen LogP contribution in [-0.2, 0) is 17.9 Å². The second-order valence-electron chi connectivity index (χ2n) is 7.41. The Morgan fingerprint density at radius 1 is 1.07 bits per heavy atom. The third kappa shape index (κ3) is 5.40. The summed E-state index contributed by atoms with van der Waals surface area (Å²) in [6.45, 7) is 2.47. The zero-order valence-corrected chi connectivity index (χ0v) is 17.5. The molecular formula is C23H25ClN4O2. The summed E-state index contributed by atoms with van der Waals surface area (Å²) in [4.78, 5) is 14.4. The van der Waals surface area contributed by atoms with Crippen LogP contribution in [0.2, 0.25) is 5.02 Å². The molecule has 6 nitrogen and oxygen atoms in total. The Morgan fingerprint density at radius 3 is 2.53 bits per heavy atom. The summed E-state index contributed by atoms with van der Waals surface area (Å²) >= 11 is 5.93. The number of piperidine rings is 1. The van der Waals surface area contributed by atoms with Gasteiger partial charge < -0.3 is 15.0 Å². The van der Waals surface area contributed by atoms with E-state index in [2.05, 4.69) is 22.5 Å². The number of nitrogens with zero attached hydrogens (tertiary/aromatic N) is 3. The summed E-state index contributed by atoms with van der Waals surface area (Å²) in [5, 5.41) is 8.03. The van der Waals surface area contributed by atoms with Crippen LogP contribution in [0.1, 0.15) is 24.0 Å². The molecule has 0 spiro atoms. The monoisotopic (exact) mass is 424 g/mol. The van der Waals surface area contributed by atoms with Gasteiger partial charge in [0.05, 0.1) is 24.6 Å². The lowest BCUT2D eigenvalue weighted by Gasteiger charge is -2.32. The van der Waals surface area contributed by atoms with E-state index >= 15 is 0 Å². The Balaban J connectivity index is 1.20. The summed E-state index contributed by atoms with van der Waals surface area (Å²) in [6, 6.07) is 17.6. The molecule has 30 heavy (non-hydrogen) atoms. The van der Waals surface area contributed by atoms with Gasteiger partial charge in [-0.3, -0.25) is 0 Å². The van der Waals surface area contributed by atoms with Crippen molar-refractivity contribution in [3.05, 3.63) is 83.1 Å². The molecular weight excluding hydrogens is 400 g/mol. The fourth-order valence-electron chi connectivity index (χ4n) is 3.49. The minimum atomic E-state index is -0.0456. The molecule has 0 aliphatic carbocycles. The van der Waals surface area contributed by atoms with Crippen molar-refractivity contribution >= 4 is 17.6 Å². The number of carbonyl (C=O) groups is 1. The molecule has 4 rings (SSSR count). The van der Waals surface area contributed by atoms with Crippen LogP contribution in [0.5, 0.6) is 0 Å². The molecule has 0 atom stereocenters. The van der Waals surface area contributed by atoms with Crippen LogP contribution in [0.3, 0.4) is 0 Å². The van der Waals surface area contributed by atoms with Crippen molar-refractivity contribution in [3.63, 3.8) is 0 Å². The number of aromatic nitrogens is 2. The molecule has 3 aromatic rings. The van der Waals surface area contributed by atoms with Crippen molar-refractivity contribution < 1.29 is 9.53 Å². The first-order valence-electron chi connectivity index (χ1n) is 10.2. The number of ether oxygens (including phenoxy) is 1. The Hall–Kier alpha value is -2.83. The normalized spacial score (nSPS) is 14.6. The van der Waals surface area contributed by atoms with Gasteiger partial charge in [-0.1, -0.05) is 41.9 Å². The standard InChI is InChI=1S/C23H25ClN4O2/c24-20-6-8-21(9-7-20)28-16-19(15-26-28)14-25-23(29)27-12-10-22(11-13-27)30-17-18-4-2-1-3-5-18/h1-9,15-16,22H,10-14,17H2,(H,25,29). The molecule has 0 saturated carbocycles. The van der Waals surface area contributed by atoms with Gasteiger partial charge in [-0.05, 0) is 42.7 Å². The zero-order valence-electron chi connectivity index (χ0n) is 16.7. The molecule has 0 bridgehead atoms. The molecule has 1 N–H and O–H groups in total. The first-order valence-corrected chi connectivity index (χ1v) is 10.5. The second kappa shape index (κ2) is 9.78. The maximum atomic E-state index is 12.5. The van der Waals surface area contributed by atoms with Crippen LogP contribution in [0.25, 0.3) is 5.69 Å². The van der Waals surface area contributed by atoms with E-state index in [-0.39, 0.29) is 12.1 Å². The highest BCUT2D eigenvalue weighted by molar-refractivity contribution is 6.30. The van der Waals surface area contributed by atoms with Crippen molar-refractivity contribution in [2.24, 2.45) is 0 Å². The lowest BCUT2D eigenvalue weighted by atomic mass is 10.1. The molecule has 7 heteroatoms. The average Bonchev–Trinajstić information content (AvgIpc) is 3.27. The molecule has 1 saturated heterocycles. The van der Waals surface area contributed by atoms with Gasteiger partial charge in [0.25, 0.3) is 0 Å². The first kappa shape index (κ1) is 20.4. The van der Waals surface area contributed by atoms with Gasteiger partial charge in [-0.2, -0.15) is 5.10 Å². The molecule has 1 aliphatic rings. The predicted molar refractivity (Wildman–Crippen MR) is 117 cm³/mol. The van der Waals surface area contributed by atoms with Crippen LogP contribution in [0.4, 0.5) is 4.79 Å². The van der Waals surface area contributed by atoms with Crippen molar-refractivity contribution in [1.82, 2.24) is 20.0 Å². The molecule has 0 unspecified atom stereocenters. The number of hydrogen-bond acceptors (Lipinski definition) is 3. The SMILES string of the molecule is O=C(NCc1cnn(-c2ccc(Cl)cc2)c1)N1CCC(OCc2ccccc2)CC1. The van der Waals surface area contributed by atoms with E-state index in [0.29, 0.717) is 31.3 Å². The Bertz CT molecular complexity index is 951. The maximum absolute atomic E-state index is 12.5. The highest BCUT2D eigenvalue weighted by Gasteiger charge is 2.23. The van der Waals surface area contributed by atoms with Gasteiger partial charge in [0, 0.05) is 36.4 Å². The molecule has 1 aromatic heterocycles. The van der Waals surface area contributed by atoms with Crippen LogP contribution in [0, 0.1) is 0 Å². The molecule has 2 amide bonds. The van der Waals surface area contributed by atoms with E-state index in [9.17, 15) is 4.79 Å². The topological polar surface area (TPSA) is 59.4 Å². The summed E-state index contributed by atoms with van der Waals surface area (Å²) < 4.78 is 7.77. The fraction of sp³-hybridized carbons (Fsp3) is 0.304. The third-order valence-corrected chi connectivity index (χ3v) is 5.48. The summed E-state index contributed by atoms with van der Waals surface area (Å²) in [6.07, 6.45) is 5.58. The Labute approximate surface area is 181 Å². The van der Waals surface area contributed by atoms with Gasteiger partial charge in [0.15, 0.2) is 0 Å². The molecule has 0 radical (unpaired) electrons. The van der Waals surface area contributed by atoms with E-state index in [1.165, 1.54) is 5.56 Å². The van der Waals surface area contributed by atoms with Gasteiger partial charge >= 0.3 is 6.03 Å². The highest BCUT2D eigenvalue weighted by atomic mass is 35.5. The maximum Gasteiger partial charge on any atom is 0.317 e. The number of benzene rings is 2. The summed E-state index contributed by atoms with van der Waals surface area (Å²) in [7, 11) is 0. The average molecular weight is 425 g/mol. The largest absolute Gasteiger partial charge is 0.373 e. The van der Waals surface area contributed by atoms with Crippen LogP contribution >= 0.6 is 11.6 Å². The number of halogens is 1. The highest BCUT2D eigenvalue weighted by Crippen LogP contribution is 2.16. The molecule has 1 fully saturated rings. The van der Waals surface area contributed by atoms with Gasteiger partial charge in [-0.15, -0.1) is 0 Å². The Kier molecular flexibility index (Phi) is 6.67. The van der Waals surface area contributed by atoms with E-state index in [0.717, 1.165) is 24.1 Å². The number of likely N-dealkylation sites (tertiary alicyclic amines) is 1. The third-order valence-electron chi connectivity index (χ3n) is 5.23. The summed E-state index contributed by atoms with van der Waals surface area (Å²) in [5.74, 6) is 0. The van der Waals surface area contributed by atoms with E-state index in [4.69, 9.17) is 16.3 Å². The minimum Gasteiger partial charge on any atom is -0.373 e. The number of nitrogens with one attached hydrogen (secondary N) is 1. The smallest absolute Gasteiger partial charge is 0.317 e. The number of rotatable bonds is 6. The fourth-order valence-corrected chi connectivity index (χ4v) is 3.62. The number of hydrogen-bond donors (Lipinski definition) is 1.